The molecule has 202 valence electrons. The molecule has 1 saturated carbocycles. The van der Waals surface area contributed by atoms with Gasteiger partial charge < -0.3 is 5.32 Å². The van der Waals surface area contributed by atoms with Crippen molar-refractivity contribution in [2.24, 2.45) is 5.92 Å². The summed E-state index contributed by atoms with van der Waals surface area (Å²) in [5.74, 6) is 0.597. The van der Waals surface area contributed by atoms with Crippen molar-refractivity contribution in [3.05, 3.63) is 65.7 Å². The molecule has 1 aliphatic heterocycles. The summed E-state index contributed by atoms with van der Waals surface area (Å²) in [6, 6.07) is 18.8. The van der Waals surface area contributed by atoms with Gasteiger partial charge >= 0.3 is 0 Å². The normalized spacial score (nSPS) is 20.8. The van der Waals surface area contributed by atoms with Gasteiger partial charge in [-0.05, 0) is 78.7 Å². The maximum absolute atomic E-state index is 14.3. The predicted octanol–water partition coefficient (Wildman–Crippen LogP) is 8.14. The molecule has 0 unspecified atom stereocenters. The number of hydrogen-bond donors (Lipinski definition) is 1. The van der Waals surface area contributed by atoms with Crippen LogP contribution in [0.25, 0.3) is 22.2 Å². The molecule has 1 amide bonds. The first-order valence-electron chi connectivity index (χ1n) is 14.7. The molecule has 1 saturated heterocycles. The standard InChI is InChI=1S/C34H45N3O/c1-24(25-15-8-6-9-16-25)35-32(38)30-27-19-12-13-20-29(27)36-31(26-17-10-7-11-18-26)28(30)23-37-33(2,3)21-14-22-34(37,4)5/h7,10-13,17-20,24-25H,6,8-9,14-16,21-23H2,1-5H3,(H,35,38)/t24-/m0/s1. The second-order valence-corrected chi connectivity index (χ2v) is 12.9. The Bertz CT molecular complexity index is 1260. The van der Waals surface area contributed by atoms with E-state index in [0.29, 0.717) is 12.5 Å². The van der Waals surface area contributed by atoms with Gasteiger partial charge in [0.05, 0.1) is 16.8 Å². The lowest BCUT2D eigenvalue weighted by Crippen LogP contribution is -2.58. The first-order chi connectivity index (χ1) is 18.2. The number of nitrogens with one attached hydrogen (secondary N) is 1. The molecule has 4 nitrogen and oxygen atoms in total. The van der Waals surface area contributed by atoms with E-state index in [4.69, 9.17) is 4.98 Å². The van der Waals surface area contributed by atoms with E-state index in [1.165, 1.54) is 38.5 Å². The van der Waals surface area contributed by atoms with E-state index in [9.17, 15) is 4.79 Å². The number of amides is 1. The number of rotatable bonds is 6. The van der Waals surface area contributed by atoms with Crippen LogP contribution in [0.1, 0.15) is 102 Å². The lowest BCUT2D eigenvalue weighted by molar-refractivity contribution is -0.0341. The third-order valence-corrected chi connectivity index (χ3v) is 9.34. The van der Waals surface area contributed by atoms with E-state index in [2.05, 4.69) is 75.2 Å². The number of carbonyl (C=O) groups excluding carboxylic acids is 1. The molecular formula is C34H45N3O. The van der Waals surface area contributed by atoms with Crippen molar-refractivity contribution in [3.63, 3.8) is 0 Å². The van der Waals surface area contributed by atoms with Crippen LogP contribution in [0.4, 0.5) is 0 Å². The summed E-state index contributed by atoms with van der Waals surface area (Å²) < 4.78 is 0. The van der Waals surface area contributed by atoms with Gasteiger partial charge in [0.15, 0.2) is 0 Å². The molecule has 3 aromatic rings. The van der Waals surface area contributed by atoms with Crippen molar-refractivity contribution >= 4 is 16.8 Å². The Morgan fingerprint density at radius 2 is 1.55 bits per heavy atom. The van der Waals surface area contributed by atoms with Gasteiger partial charge in [-0.1, -0.05) is 67.8 Å². The van der Waals surface area contributed by atoms with Gasteiger partial charge in [0.2, 0.25) is 0 Å². The minimum Gasteiger partial charge on any atom is -0.349 e. The molecule has 1 aromatic heterocycles. The number of benzene rings is 2. The molecule has 0 radical (unpaired) electrons. The van der Waals surface area contributed by atoms with Crippen molar-refractivity contribution < 1.29 is 4.79 Å². The molecule has 4 heteroatoms. The van der Waals surface area contributed by atoms with Crippen LogP contribution >= 0.6 is 0 Å². The molecule has 38 heavy (non-hydrogen) atoms. The van der Waals surface area contributed by atoms with E-state index >= 15 is 0 Å². The lowest BCUT2D eigenvalue weighted by atomic mass is 9.79. The van der Waals surface area contributed by atoms with E-state index in [1.54, 1.807) is 0 Å². The smallest absolute Gasteiger partial charge is 0.252 e. The number of pyridine rings is 1. The quantitative estimate of drug-likeness (QED) is 0.363. The maximum atomic E-state index is 14.3. The predicted molar refractivity (Wildman–Crippen MR) is 158 cm³/mol. The Kier molecular flexibility index (Phi) is 7.64. The number of hydrogen-bond acceptors (Lipinski definition) is 3. The minimum atomic E-state index is 0.0322. The summed E-state index contributed by atoms with van der Waals surface area (Å²) in [5.41, 5.74) is 4.78. The molecule has 1 N–H and O–H groups in total. The van der Waals surface area contributed by atoms with Gasteiger partial charge in [-0.15, -0.1) is 0 Å². The topological polar surface area (TPSA) is 45.2 Å². The highest BCUT2D eigenvalue weighted by molar-refractivity contribution is 6.09. The highest BCUT2D eigenvalue weighted by atomic mass is 16.1. The summed E-state index contributed by atoms with van der Waals surface area (Å²) in [5, 5.41) is 4.42. The molecule has 1 atom stereocenters. The average Bonchev–Trinajstić information content (AvgIpc) is 2.90. The second-order valence-electron chi connectivity index (χ2n) is 12.9. The molecule has 2 fully saturated rings. The number of aromatic nitrogens is 1. The van der Waals surface area contributed by atoms with Crippen LogP contribution in [0.2, 0.25) is 0 Å². The number of para-hydroxylation sites is 1. The van der Waals surface area contributed by atoms with Crippen LogP contribution < -0.4 is 5.32 Å². The molecule has 0 bridgehead atoms. The Morgan fingerprint density at radius 3 is 2.24 bits per heavy atom. The van der Waals surface area contributed by atoms with Crippen molar-refractivity contribution in [1.29, 1.82) is 0 Å². The highest BCUT2D eigenvalue weighted by Crippen LogP contribution is 2.42. The van der Waals surface area contributed by atoms with Crippen molar-refractivity contribution in [2.75, 3.05) is 0 Å². The fraction of sp³-hybridized carbons (Fsp3) is 0.529. The van der Waals surface area contributed by atoms with Gasteiger partial charge in [0.25, 0.3) is 5.91 Å². The molecular weight excluding hydrogens is 466 g/mol. The van der Waals surface area contributed by atoms with Gasteiger partial charge in [0, 0.05) is 40.2 Å². The third kappa shape index (κ3) is 5.38. The number of likely N-dealkylation sites (tertiary alicyclic amines) is 1. The summed E-state index contributed by atoms with van der Waals surface area (Å²) >= 11 is 0. The minimum absolute atomic E-state index is 0.0322. The van der Waals surface area contributed by atoms with Crippen molar-refractivity contribution in [1.82, 2.24) is 15.2 Å². The molecule has 2 aromatic carbocycles. The zero-order chi connectivity index (χ0) is 26.9. The van der Waals surface area contributed by atoms with Crippen LogP contribution in [0.3, 0.4) is 0 Å². The summed E-state index contributed by atoms with van der Waals surface area (Å²) in [7, 11) is 0. The number of nitrogens with zero attached hydrogens (tertiary/aromatic N) is 2. The van der Waals surface area contributed by atoms with Crippen LogP contribution in [-0.4, -0.2) is 32.9 Å². The first kappa shape index (κ1) is 26.9. The maximum Gasteiger partial charge on any atom is 0.252 e. The number of piperidine rings is 1. The Balaban J connectivity index is 1.67. The molecule has 0 spiro atoms. The van der Waals surface area contributed by atoms with Crippen LogP contribution in [0.15, 0.2) is 54.6 Å². The summed E-state index contributed by atoms with van der Waals surface area (Å²) in [6.45, 7) is 12.3. The van der Waals surface area contributed by atoms with E-state index in [-0.39, 0.29) is 23.0 Å². The largest absolute Gasteiger partial charge is 0.349 e. The zero-order valence-corrected chi connectivity index (χ0v) is 24.0. The van der Waals surface area contributed by atoms with Crippen LogP contribution in [-0.2, 0) is 6.54 Å². The Morgan fingerprint density at radius 1 is 0.921 bits per heavy atom. The Labute approximate surface area is 229 Å². The molecule has 2 aliphatic rings. The number of fused-ring (bicyclic) bond motifs is 1. The van der Waals surface area contributed by atoms with Gasteiger partial charge in [0.1, 0.15) is 0 Å². The van der Waals surface area contributed by atoms with Crippen LogP contribution in [0.5, 0.6) is 0 Å². The monoisotopic (exact) mass is 511 g/mol. The summed E-state index contributed by atoms with van der Waals surface area (Å²) in [4.78, 5) is 22.2. The fourth-order valence-corrected chi connectivity index (χ4v) is 7.16. The SMILES string of the molecule is C[C@H](NC(=O)c1c(CN2C(C)(C)CCCC2(C)C)c(-c2ccccc2)nc2ccccc12)C1CCCCC1. The second kappa shape index (κ2) is 10.8. The highest BCUT2D eigenvalue weighted by Gasteiger charge is 2.42. The van der Waals surface area contributed by atoms with Crippen LogP contribution in [0, 0.1) is 5.92 Å². The lowest BCUT2D eigenvalue weighted by Gasteiger charge is -2.53. The first-order valence-corrected chi connectivity index (χ1v) is 14.7. The third-order valence-electron chi connectivity index (χ3n) is 9.34. The summed E-state index contributed by atoms with van der Waals surface area (Å²) in [6.07, 6.45) is 9.80. The van der Waals surface area contributed by atoms with Gasteiger partial charge in [-0.3, -0.25) is 9.69 Å². The van der Waals surface area contributed by atoms with Gasteiger partial charge in [-0.2, -0.15) is 0 Å². The van der Waals surface area contributed by atoms with Crippen molar-refractivity contribution in [3.8, 4) is 11.3 Å². The number of carbonyl (C=O) groups is 1. The van der Waals surface area contributed by atoms with E-state index < -0.39 is 0 Å². The fourth-order valence-electron chi connectivity index (χ4n) is 7.16. The molecule has 2 heterocycles. The van der Waals surface area contributed by atoms with E-state index in [0.717, 1.165) is 46.1 Å². The zero-order valence-electron chi connectivity index (χ0n) is 24.0. The van der Waals surface area contributed by atoms with E-state index in [1.807, 2.05) is 24.3 Å². The molecule has 5 rings (SSSR count). The van der Waals surface area contributed by atoms with Gasteiger partial charge in [-0.25, -0.2) is 4.98 Å². The average molecular weight is 512 g/mol. The Hall–Kier alpha value is -2.72. The van der Waals surface area contributed by atoms with Crippen molar-refractivity contribution in [2.45, 2.75) is 110 Å². The molecule has 1 aliphatic carbocycles.